The maximum Gasteiger partial charge on any atom is 0.250 e. The number of fused-ring (bicyclic) bond motifs is 1. The molecule has 1 amide bonds. The minimum atomic E-state index is -0.240. The molecule has 0 aliphatic carbocycles. The van der Waals surface area contributed by atoms with Gasteiger partial charge in [0.2, 0.25) is 16.0 Å². The molecule has 0 aliphatic heterocycles. The molecule has 0 saturated carbocycles. The average Bonchev–Trinajstić information content (AvgIpc) is 3.21. The molecule has 0 unspecified atom stereocenters. The Labute approximate surface area is 153 Å². The molecule has 0 spiro atoms. The highest BCUT2D eigenvalue weighted by molar-refractivity contribution is 7.20. The Balaban J connectivity index is 1.55. The van der Waals surface area contributed by atoms with Gasteiger partial charge in [0.25, 0.3) is 0 Å². The summed E-state index contributed by atoms with van der Waals surface area (Å²) in [6, 6.07) is 17.6. The van der Waals surface area contributed by atoms with Crippen molar-refractivity contribution in [3.63, 3.8) is 0 Å². The summed E-state index contributed by atoms with van der Waals surface area (Å²) in [4.78, 5) is 12.7. The van der Waals surface area contributed by atoms with Gasteiger partial charge in [0.05, 0.1) is 0 Å². The minimum absolute atomic E-state index is 0.240. The number of nitrogens with zero attached hydrogens (tertiary/aromatic N) is 4. The lowest BCUT2D eigenvalue weighted by Crippen LogP contribution is -2.08. The van der Waals surface area contributed by atoms with E-state index in [4.69, 9.17) is 0 Å². The number of hydrogen-bond donors (Lipinski definition) is 1. The van der Waals surface area contributed by atoms with Gasteiger partial charge in [-0.25, -0.2) is 0 Å². The third-order valence-corrected chi connectivity index (χ3v) is 4.54. The third kappa shape index (κ3) is 3.38. The average molecular weight is 361 g/mol. The molecular weight excluding hydrogens is 346 g/mol. The van der Waals surface area contributed by atoms with Gasteiger partial charge in [-0.2, -0.15) is 4.52 Å². The van der Waals surface area contributed by atoms with Crippen LogP contribution in [0.15, 0.2) is 60.7 Å². The molecule has 0 fully saturated rings. The first kappa shape index (κ1) is 16.2. The molecule has 1 N–H and O–H groups in total. The Morgan fingerprint density at radius 3 is 2.77 bits per heavy atom. The van der Waals surface area contributed by atoms with Crippen molar-refractivity contribution < 1.29 is 4.79 Å². The summed E-state index contributed by atoms with van der Waals surface area (Å²) in [6.07, 6.45) is 3.24. The van der Waals surface area contributed by atoms with Crippen LogP contribution in [-0.2, 0) is 4.79 Å². The van der Waals surface area contributed by atoms with Crippen molar-refractivity contribution in [3.05, 3.63) is 71.8 Å². The smallest absolute Gasteiger partial charge is 0.250 e. The topological polar surface area (TPSA) is 72.2 Å². The zero-order valence-corrected chi connectivity index (χ0v) is 14.8. The van der Waals surface area contributed by atoms with E-state index >= 15 is 0 Å². The van der Waals surface area contributed by atoms with E-state index in [1.807, 2.05) is 61.5 Å². The molecule has 2 heterocycles. The predicted molar refractivity (Wildman–Crippen MR) is 103 cm³/mol. The molecule has 2 aromatic heterocycles. The lowest BCUT2D eigenvalue weighted by molar-refractivity contribution is -0.111. The van der Waals surface area contributed by atoms with Crippen molar-refractivity contribution in [2.24, 2.45) is 0 Å². The Morgan fingerprint density at radius 1 is 1.12 bits per heavy atom. The molecule has 4 rings (SSSR count). The summed E-state index contributed by atoms with van der Waals surface area (Å²) < 4.78 is 1.65. The summed E-state index contributed by atoms with van der Waals surface area (Å²) in [5.74, 6) is 0.413. The van der Waals surface area contributed by atoms with E-state index in [0.29, 0.717) is 15.9 Å². The normalized spacial score (nSPS) is 11.3. The van der Waals surface area contributed by atoms with Crippen molar-refractivity contribution in [2.75, 3.05) is 5.32 Å². The van der Waals surface area contributed by atoms with Crippen LogP contribution in [0.4, 0.5) is 5.13 Å². The third-order valence-electron chi connectivity index (χ3n) is 3.72. The summed E-state index contributed by atoms with van der Waals surface area (Å²) >= 11 is 1.28. The zero-order valence-electron chi connectivity index (χ0n) is 14.0. The van der Waals surface area contributed by atoms with Gasteiger partial charge in [-0.1, -0.05) is 65.4 Å². The maximum absolute atomic E-state index is 12.1. The van der Waals surface area contributed by atoms with E-state index in [0.717, 1.165) is 16.7 Å². The number of rotatable bonds is 4. The molecule has 128 valence electrons. The highest BCUT2D eigenvalue weighted by Crippen LogP contribution is 2.24. The number of anilines is 1. The van der Waals surface area contributed by atoms with Crippen molar-refractivity contribution in [2.45, 2.75) is 6.92 Å². The van der Waals surface area contributed by atoms with Crippen molar-refractivity contribution >= 4 is 33.4 Å². The molecule has 7 heteroatoms. The minimum Gasteiger partial charge on any atom is -0.297 e. The first-order chi connectivity index (χ1) is 12.7. The Morgan fingerprint density at radius 2 is 1.96 bits per heavy atom. The first-order valence-electron chi connectivity index (χ1n) is 8.02. The highest BCUT2D eigenvalue weighted by atomic mass is 32.1. The second-order valence-electron chi connectivity index (χ2n) is 5.73. The molecule has 2 aromatic carbocycles. The monoisotopic (exact) mass is 361 g/mol. The van der Waals surface area contributed by atoms with Crippen LogP contribution in [0, 0.1) is 6.92 Å². The molecule has 4 aromatic rings. The van der Waals surface area contributed by atoms with Crippen LogP contribution < -0.4 is 5.32 Å². The van der Waals surface area contributed by atoms with Gasteiger partial charge in [0.1, 0.15) is 0 Å². The summed E-state index contributed by atoms with van der Waals surface area (Å²) in [7, 11) is 0. The van der Waals surface area contributed by atoms with E-state index in [2.05, 4.69) is 20.6 Å². The molecular formula is C19H15N5OS. The van der Waals surface area contributed by atoms with Crippen LogP contribution >= 0.6 is 11.3 Å². The molecule has 0 radical (unpaired) electrons. The Hall–Kier alpha value is -3.32. The number of benzene rings is 2. The molecule has 6 nitrogen and oxygen atoms in total. The first-order valence-corrected chi connectivity index (χ1v) is 8.84. The number of hydrogen-bond acceptors (Lipinski definition) is 5. The number of nitrogens with one attached hydrogen (secondary N) is 1. The molecule has 0 atom stereocenters. The summed E-state index contributed by atoms with van der Waals surface area (Å²) in [5.41, 5.74) is 3.03. The molecule has 0 bridgehead atoms. The van der Waals surface area contributed by atoms with E-state index in [-0.39, 0.29) is 5.91 Å². The zero-order chi connectivity index (χ0) is 17.9. The largest absolute Gasteiger partial charge is 0.297 e. The van der Waals surface area contributed by atoms with E-state index in [1.165, 1.54) is 17.4 Å². The van der Waals surface area contributed by atoms with Gasteiger partial charge in [-0.05, 0) is 24.6 Å². The second kappa shape index (κ2) is 6.89. The van der Waals surface area contributed by atoms with Gasteiger partial charge in [0.15, 0.2) is 5.82 Å². The number of carbonyl (C=O) groups is 1. The lowest BCUT2D eigenvalue weighted by Gasteiger charge is -1.98. The second-order valence-corrected chi connectivity index (χ2v) is 6.68. The van der Waals surface area contributed by atoms with E-state index in [9.17, 15) is 4.79 Å². The number of carbonyl (C=O) groups excluding carboxylic acids is 1. The van der Waals surface area contributed by atoms with E-state index < -0.39 is 0 Å². The van der Waals surface area contributed by atoms with Crippen LogP contribution in [0.3, 0.4) is 0 Å². The van der Waals surface area contributed by atoms with Crippen LogP contribution in [0.5, 0.6) is 0 Å². The van der Waals surface area contributed by atoms with Gasteiger partial charge in [-0.15, -0.1) is 15.3 Å². The Bertz CT molecular complexity index is 1100. The summed E-state index contributed by atoms with van der Waals surface area (Å²) in [5, 5.41) is 16.0. The molecule has 0 aliphatic rings. The fourth-order valence-corrected chi connectivity index (χ4v) is 3.26. The van der Waals surface area contributed by atoms with Gasteiger partial charge in [-0.3, -0.25) is 10.1 Å². The van der Waals surface area contributed by atoms with Crippen molar-refractivity contribution in [1.29, 1.82) is 0 Å². The summed E-state index contributed by atoms with van der Waals surface area (Å²) in [6.45, 7) is 2.02. The standard InChI is InChI=1S/C19H15N5OS/c1-13-6-5-9-15(12-13)17-21-22-19-24(17)23-18(26-19)20-16(25)11-10-14-7-3-2-4-8-14/h2-12H,1H3,(H,20,23,25). The van der Waals surface area contributed by atoms with Gasteiger partial charge >= 0.3 is 0 Å². The number of amides is 1. The Kier molecular flexibility index (Phi) is 4.28. The van der Waals surface area contributed by atoms with Crippen LogP contribution in [0.25, 0.3) is 22.4 Å². The maximum atomic E-state index is 12.1. The van der Waals surface area contributed by atoms with Gasteiger partial charge in [0, 0.05) is 11.6 Å². The number of aryl methyl sites for hydroxylation is 1. The van der Waals surface area contributed by atoms with E-state index in [1.54, 1.807) is 10.6 Å². The SMILES string of the molecule is Cc1cccc(-c2nnc3sc(NC(=O)C=Cc4ccccc4)nn23)c1. The van der Waals surface area contributed by atoms with Crippen molar-refractivity contribution in [3.8, 4) is 11.4 Å². The van der Waals surface area contributed by atoms with Crippen LogP contribution in [0.2, 0.25) is 0 Å². The number of aromatic nitrogens is 4. The van der Waals surface area contributed by atoms with Crippen LogP contribution in [0.1, 0.15) is 11.1 Å². The highest BCUT2D eigenvalue weighted by Gasteiger charge is 2.14. The predicted octanol–water partition coefficient (Wildman–Crippen LogP) is 3.81. The van der Waals surface area contributed by atoms with Crippen molar-refractivity contribution in [1.82, 2.24) is 19.8 Å². The molecule has 26 heavy (non-hydrogen) atoms. The molecule has 0 saturated heterocycles. The quantitative estimate of drug-likeness (QED) is 0.561. The lowest BCUT2D eigenvalue weighted by atomic mass is 10.1. The van der Waals surface area contributed by atoms with Crippen LogP contribution in [-0.4, -0.2) is 25.7 Å². The fourth-order valence-electron chi connectivity index (χ4n) is 2.51. The fraction of sp³-hybridized carbons (Fsp3) is 0.0526. The van der Waals surface area contributed by atoms with Gasteiger partial charge < -0.3 is 0 Å².